The Morgan fingerprint density at radius 1 is 1.21 bits per heavy atom. The number of amides is 1. The smallest absolute Gasteiger partial charge is 0.272 e. The molecule has 0 radical (unpaired) electrons. The number of fused-ring (bicyclic) bond motifs is 3. The minimum Gasteiger partial charge on any atom is -0.353 e. The highest BCUT2D eigenvalue weighted by Gasteiger charge is 2.20. The van der Waals surface area contributed by atoms with E-state index in [1.807, 2.05) is 12.1 Å². The van der Waals surface area contributed by atoms with Crippen molar-refractivity contribution in [2.24, 2.45) is 0 Å². The lowest BCUT2D eigenvalue weighted by atomic mass is 10.0. The van der Waals surface area contributed by atoms with Gasteiger partial charge in [-0.1, -0.05) is 62.7 Å². The zero-order valence-electron chi connectivity index (χ0n) is 19.4. The van der Waals surface area contributed by atoms with Crippen LogP contribution in [0.4, 0.5) is 0 Å². The third kappa shape index (κ3) is 4.74. The summed E-state index contributed by atoms with van der Waals surface area (Å²) >= 11 is 2.71. The van der Waals surface area contributed by atoms with E-state index in [0.29, 0.717) is 27.8 Å². The fourth-order valence-electron chi connectivity index (χ4n) is 4.45. The van der Waals surface area contributed by atoms with Gasteiger partial charge in [-0.15, -0.1) is 11.3 Å². The molecule has 34 heavy (non-hydrogen) atoms. The molecule has 0 aliphatic heterocycles. The minimum absolute atomic E-state index is 0.00377. The second-order valence-corrected chi connectivity index (χ2v) is 11.1. The van der Waals surface area contributed by atoms with Crippen molar-refractivity contribution in [3.8, 4) is 0 Å². The second kappa shape index (κ2) is 9.88. The first-order chi connectivity index (χ1) is 16.5. The van der Waals surface area contributed by atoms with Gasteiger partial charge in [0.25, 0.3) is 5.56 Å². The van der Waals surface area contributed by atoms with Gasteiger partial charge >= 0.3 is 0 Å². The SMILES string of the molecule is CC(C)c1ccc(Cn2c(SCC(=O)NC3CCCC3)nc3c(sc4ncccc43)c2=O)cc1. The number of aromatic nitrogens is 3. The van der Waals surface area contributed by atoms with Gasteiger partial charge in [-0.3, -0.25) is 14.2 Å². The lowest BCUT2D eigenvalue weighted by Gasteiger charge is -2.14. The van der Waals surface area contributed by atoms with Crippen molar-refractivity contribution in [3.05, 3.63) is 64.1 Å². The molecule has 3 heterocycles. The number of nitrogens with one attached hydrogen (secondary N) is 1. The Hall–Kier alpha value is -2.71. The van der Waals surface area contributed by atoms with Crippen LogP contribution in [0.15, 0.2) is 52.5 Å². The maximum atomic E-state index is 13.6. The Morgan fingerprint density at radius 3 is 2.71 bits per heavy atom. The summed E-state index contributed by atoms with van der Waals surface area (Å²) in [5.74, 6) is 0.683. The molecule has 4 aromatic rings. The van der Waals surface area contributed by atoms with E-state index in [0.717, 1.165) is 28.6 Å². The van der Waals surface area contributed by atoms with Crippen LogP contribution in [0.25, 0.3) is 20.4 Å². The van der Waals surface area contributed by atoms with Gasteiger partial charge in [0.1, 0.15) is 9.53 Å². The Balaban J connectivity index is 1.50. The molecule has 1 aliphatic carbocycles. The first-order valence-corrected chi connectivity index (χ1v) is 13.6. The van der Waals surface area contributed by atoms with Crippen molar-refractivity contribution >= 4 is 49.4 Å². The third-order valence-electron chi connectivity index (χ3n) is 6.36. The zero-order valence-corrected chi connectivity index (χ0v) is 21.0. The quantitative estimate of drug-likeness (QED) is 0.279. The Bertz CT molecular complexity index is 1390. The summed E-state index contributed by atoms with van der Waals surface area (Å²) in [6.45, 7) is 4.74. The van der Waals surface area contributed by atoms with Crippen LogP contribution < -0.4 is 10.9 Å². The lowest BCUT2D eigenvalue weighted by molar-refractivity contribution is -0.119. The van der Waals surface area contributed by atoms with Crippen molar-refractivity contribution in [2.75, 3.05) is 5.75 Å². The van der Waals surface area contributed by atoms with E-state index in [4.69, 9.17) is 4.98 Å². The van der Waals surface area contributed by atoms with Crippen LogP contribution in [0.1, 0.15) is 56.6 Å². The highest BCUT2D eigenvalue weighted by atomic mass is 32.2. The highest BCUT2D eigenvalue weighted by molar-refractivity contribution is 7.99. The third-order valence-corrected chi connectivity index (χ3v) is 8.42. The van der Waals surface area contributed by atoms with Crippen LogP contribution >= 0.6 is 23.1 Å². The van der Waals surface area contributed by atoms with Crippen molar-refractivity contribution in [1.82, 2.24) is 19.9 Å². The lowest BCUT2D eigenvalue weighted by Crippen LogP contribution is -2.34. The Kier molecular flexibility index (Phi) is 6.70. The number of thiophene rings is 1. The van der Waals surface area contributed by atoms with Crippen molar-refractivity contribution in [2.45, 2.75) is 63.2 Å². The van der Waals surface area contributed by atoms with E-state index in [2.05, 4.69) is 48.4 Å². The van der Waals surface area contributed by atoms with Gasteiger partial charge in [0.05, 0.1) is 17.8 Å². The number of carbonyl (C=O) groups is 1. The van der Waals surface area contributed by atoms with Gasteiger partial charge in [0.2, 0.25) is 5.91 Å². The molecule has 0 atom stereocenters. The Morgan fingerprint density at radius 2 is 1.97 bits per heavy atom. The summed E-state index contributed by atoms with van der Waals surface area (Å²) in [5, 5.41) is 4.57. The van der Waals surface area contributed by atoms with Crippen LogP contribution in [-0.4, -0.2) is 32.2 Å². The molecular formula is C26H28N4O2S2. The summed E-state index contributed by atoms with van der Waals surface area (Å²) in [4.78, 5) is 36.3. The summed E-state index contributed by atoms with van der Waals surface area (Å²) in [6, 6.07) is 12.4. The molecule has 5 rings (SSSR count). The van der Waals surface area contributed by atoms with E-state index in [-0.39, 0.29) is 23.3 Å². The largest absolute Gasteiger partial charge is 0.353 e. The van der Waals surface area contributed by atoms with Crippen molar-refractivity contribution in [1.29, 1.82) is 0 Å². The summed E-state index contributed by atoms with van der Waals surface area (Å²) < 4.78 is 2.31. The first kappa shape index (κ1) is 23.1. The standard InChI is InChI=1S/C26H28N4O2S2/c1-16(2)18-11-9-17(10-12-18)14-30-25(32)23-22(20-8-5-13-27-24(20)34-23)29-26(30)33-15-21(31)28-19-6-3-4-7-19/h5,8-13,16,19H,3-4,6-7,14-15H2,1-2H3,(H,28,31). The molecule has 1 N–H and O–H groups in total. The predicted molar refractivity (Wildman–Crippen MR) is 140 cm³/mol. The van der Waals surface area contributed by atoms with Crippen LogP contribution in [0.3, 0.4) is 0 Å². The average molecular weight is 493 g/mol. The molecule has 1 amide bonds. The fourth-order valence-corrected chi connectivity index (χ4v) is 6.28. The normalized spacial score (nSPS) is 14.4. The fraction of sp³-hybridized carbons (Fsp3) is 0.385. The van der Waals surface area contributed by atoms with E-state index in [9.17, 15) is 9.59 Å². The second-order valence-electron chi connectivity index (χ2n) is 9.16. The van der Waals surface area contributed by atoms with Gasteiger partial charge in [-0.05, 0) is 42.0 Å². The van der Waals surface area contributed by atoms with Crippen molar-refractivity contribution < 1.29 is 4.79 Å². The van der Waals surface area contributed by atoms with Crippen LogP contribution in [0.2, 0.25) is 0 Å². The minimum atomic E-state index is -0.0837. The van der Waals surface area contributed by atoms with E-state index in [1.54, 1.807) is 10.8 Å². The molecule has 0 bridgehead atoms. The van der Waals surface area contributed by atoms with E-state index < -0.39 is 0 Å². The monoisotopic (exact) mass is 492 g/mol. The highest BCUT2D eigenvalue weighted by Crippen LogP contribution is 2.31. The van der Waals surface area contributed by atoms with E-state index in [1.165, 1.54) is 41.5 Å². The number of pyridine rings is 1. The summed E-state index contributed by atoms with van der Waals surface area (Å²) in [5.41, 5.74) is 2.88. The molecular weight excluding hydrogens is 464 g/mol. The van der Waals surface area contributed by atoms with E-state index >= 15 is 0 Å². The Labute approximate surface area is 206 Å². The molecule has 0 spiro atoms. The maximum absolute atomic E-state index is 13.6. The first-order valence-electron chi connectivity index (χ1n) is 11.8. The van der Waals surface area contributed by atoms with Gasteiger partial charge in [0.15, 0.2) is 5.16 Å². The molecule has 1 aromatic carbocycles. The number of benzene rings is 1. The number of rotatable bonds is 7. The molecule has 3 aromatic heterocycles. The average Bonchev–Trinajstić information content (AvgIpc) is 3.48. The van der Waals surface area contributed by atoms with Crippen LogP contribution in [-0.2, 0) is 11.3 Å². The summed E-state index contributed by atoms with van der Waals surface area (Å²) in [7, 11) is 0. The molecule has 176 valence electrons. The van der Waals surface area contributed by atoms with Gasteiger partial charge in [-0.25, -0.2) is 9.97 Å². The van der Waals surface area contributed by atoms with Crippen LogP contribution in [0, 0.1) is 0 Å². The number of hydrogen-bond donors (Lipinski definition) is 1. The maximum Gasteiger partial charge on any atom is 0.272 e. The molecule has 6 nitrogen and oxygen atoms in total. The van der Waals surface area contributed by atoms with Gasteiger partial charge in [0, 0.05) is 17.6 Å². The topological polar surface area (TPSA) is 76.9 Å². The molecule has 1 saturated carbocycles. The number of carbonyl (C=O) groups excluding carboxylic acids is 1. The van der Waals surface area contributed by atoms with Crippen molar-refractivity contribution in [3.63, 3.8) is 0 Å². The zero-order chi connectivity index (χ0) is 23.7. The molecule has 1 aliphatic rings. The van der Waals surface area contributed by atoms with Gasteiger partial charge in [-0.2, -0.15) is 0 Å². The summed E-state index contributed by atoms with van der Waals surface area (Å²) in [6.07, 6.45) is 6.17. The van der Waals surface area contributed by atoms with Crippen LogP contribution in [0.5, 0.6) is 0 Å². The number of thioether (sulfide) groups is 1. The molecule has 1 fully saturated rings. The number of hydrogen-bond acceptors (Lipinski definition) is 6. The molecule has 0 unspecified atom stereocenters. The predicted octanol–water partition coefficient (Wildman–Crippen LogP) is 5.33. The number of nitrogens with zero attached hydrogens (tertiary/aromatic N) is 3. The molecule has 0 saturated heterocycles. The van der Waals surface area contributed by atoms with Gasteiger partial charge < -0.3 is 5.32 Å². The molecule has 8 heteroatoms.